The SMILES string of the molecule is CCC[C@H](C)NC(=O)c1ccc(NS(=O)(=O)c2ccccc2)c(C)c1. The largest absolute Gasteiger partial charge is 0.350 e. The van der Waals surface area contributed by atoms with Crippen LogP contribution in [0, 0.1) is 6.92 Å². The highest BCUT2D eigenvalue weighted by atomic mass is 32.2. The zero-order valence-electron chi connectivity index (χ0n) is 14.7. The zero-order valence-corrected chi connectivity index (χ0v) is 15.6. The van der Waals surface area contributed by atoms with Gasteiger partial charge < -0.3 is 5.32 Å². The van der Waals surface area contributed by atoms with Crippen molar-refractivity contribution in [3.05, 3.63) is 59.7 Å². The molecule has 5 nitrogen and oxygen atoms in total. The number of anilines is 1. The third-order valence-electron chi connectivity index (χ3n) is 3.89. The topological polar surface area (TPSA) is 75.3 Å². The maximum atomic E-state index is 12.4. The van der Waals surface area contributed by atoms with E-state index in [1.165, 1.54) is 12.1 Å². The molecule has 0 aromatic heterocycles. The molecule has 0 spiro atoms. The molecule has 0 aliphatic carbocycles. The van der Waals surface area contributed by atoms with Crippen LogP contribution in [0.3, 0.4) is 0 Å². The first-order valence-corrected chi connectivity index (χ1v) is 9.81. The lowest BCUT2D eigenvalue weighted by Gasteiger charge is -2.15. The summed E-state index contributed by atoms with van der Waals surface area (Å²) < 4.78 is 27.4. The van der Waals surface area contributed by atoms with E-state index >= 15 is 0 Å². The second-order valence-corrected chi connectivity index (χ2v) is 7.79. The highest BCUT2D eigenvalue weighted by Gasteiger charge is 2.16. The van der Waals surface area contributed by atoms with Crippen LogP contribution in [0.15, 0.2) is 53.4 Å². The van der Waals surface area contributed by atoms with E-state index in [0.717, 1.165) is 12.8 Å². The highest BCUT2D eigenvalue weighted by molar-refractivity contribution is 7.92. The molecule has 134 valence electrons. The minimum atomic E-state index is -3.65. The molecule has 0 saturated carbocycles. The Morgan fingerprint density at radius 1 is 1.12 bits per heavy atom. The summed E-state index contributed by atoms with van der Waals surface area (Å²) in [5.41, 5.74) is 1.67. The Bertz CT molecular complexity index is 833. The Labute approximate surface area is 149 Å². The molecule has 2 aromatic carbocycles. The van der Waals surface area contributed by atoms with Crippen molar-refractivity contribution in [2.75, 3.05) is 4.72 Å². The molecular formula is C19H24N2O3S. The number of hydrogen-bond donors (Lipinski definition) is 2. The van der Waals surface area contributed by atoms with E-state index in [2.05, 4.69) is 17.0 Å². The van der Waals surface area contributed by atoms with E-state index in [1.54, 1.807) is 43.3 Å². The van der Waals surface area contributed by atoms with Crippen LogP contribution in [-0.4, -0.2) is 20.4 Å². The molecule has 0 saturated heterocycles. The van der Waals surface area contributed by atoms with Crippen molar-refractivity contribution in [1.29, 1.82) is 0 Å². The van der Waals surface area contributed by atoms with Crippen molar-refractivity contribution in [2.24, 2.45) is 0 Å². The number of benzene rings is 2. The summed E-state index contributed by atoms with van der Waals surface area (Å²) in [4.78, 5) is 12.4. The van der Waals surface area contributed by atoms with Crippen LogP contribution in [0.25, 0.3) is 0 Å². The smallest absolute Gasteiger partial charge is 0.261 e. The molecule has 0 aliphatic rings. The molecule has 2 aromatic rings. The Kier molecular flexibility index (Phi) is 6.20. The number of carbonyl (C=O) groups is 1. The van der Waals surface area contributed by atoms with Gasteiger partial charge in [0, 0.05) is 11.6 Å². The number of carbonyl (C=O) groups excluding carboxylic acids is 1. The monoisotopic (exact) mass is 360 g/mol. The van der Waals surface area contributed by atoms with Crippen molar-refractivity contribution < 1.29 is 13.2 Å². The fourth-order valence-electron chi connectivity index (χ4n) is 2.54. The van der Waals surface area contributed by atoms with Gasteiger partial charge in [0.15, 0.2) is 0 Å². The fraction of sp³-hybridized carbons (Fsp3) is 0.316. The van der Waals surface area contributed by atoms with Crippen LogP contribution in [0.4, 0.5) is 5.69 Å². The Morgan fingerprint density at radius 2 is 1.80 bits per heavy atom. The lowest BCUT2D eigenvalue weighted by atomic mass is 10.1. The number of rotatable bonds is 7. The Balaban J connectivity index is 2.16. The first-order chi connectivity index (χ1) is 11.8. The lowest BCUT2D eigenvalue weighted by Crippen LogP contribution is -2.32. The lowest BCUT2D eigenvalue weighted by molar-refractivity contribution is 0.0938. The second kappa shape index (κ2) is 8.16. The van der Waals surface area contributed by atoms with Gasteiger partial charge in [0.05, 0.1) is 10.6 Å². The molecule has 0 fully saturated rings. The van der Waals surface area contributed by atoms with Gasteiger partial charge in [0.25, 0.3) is 15.9 Å². The summed E-state index contributed by atoms with van der Waals surface area (Å²) in [7, 11) is -3.65. The molecular weight excluding hydrogens is 336 g/mol. The molecule has 0 bridgehead atoms. The molecule has 0 radical (unpaired) electrons. The van der Waals surface area contributed by atoms with Gasteiger partial charge >= 0.3 is 0 Å². The molecule has 0 heterocycles. The minimum Gasteiger partial charge on any atom is -0.350 e. The summed E-state index contributed by atoms with van der Waals surface area (Å²) in [6.07, 6.45) is 1.92. The molecule has 0 unspecified atom stereocenters. The van der Waals surface area contributed by atoms with Crippen molar-refractivity contribution in [3.8, 4) is 0 Å². The Hall–Kier alpha value is -2.34. The summed E-state index contributed by atoms with van der Waals surface area (Å²) in [6, 6.07) is 13.2. The van der Waals surface area contributed by atoms with Gasteiger partial charge in [-0.1, -0.05) is 31.5 Å². The quantitative estimate of drug-likeness (QED) is 0.790. The third kappa shape index (κ3) is 5.06. The first kappa shape index (κ1) is 19.0. The van der Waals surface area contributed by atoms with Crippen LogP contribution < -0.4 is 10.0 Å². The summed E-state index contributed by atoms with van der Waals surface area (Å²) >= 11 is 0. The van der Waals surface area contributed by atoms with E-state index in [9.17, 15) is 13.2 Å². The van der Waals surface area contributed by atoms with E-state index < -0.39 is 10.0 Å². The summed E-state index contributed by atoms with van der Waals surface area (Å²) in [5, 5.41) is 2.94. The van der Waals surface area contributed by atoms with E-state index in [0.29, 0.717) is 16.8 Å². The standard InChI is InChI=1S/C19H24N2O3S/c1-4-8-15(3)20-19(22)16-11-12-18(14(2)13-16)21-25(23,24)17-9-6-5-7-10-17/h5-7,9-13,15,21H,4,8H2,1-3H3,(H,20,22)/t15-/m0/s1. The molecule has 2 rings (SSSR count). The van der Waals surface area contributed by atoms with Gasteiger partial charge in [0.2, 0.25) is 0 Å². The molecule has 2 N–H and O–H groups in total. The molecule has 1 amide bonds. The van der Waals surface area contributed by atoms with Crippen LogP contribution in [0.1, 0.15) is 42.6 Å². The first-order valence-electron chi connectivity index (χ1n) is 8.33. The predicted octanol–water partition coefficient (Wildman–Crippen LogP) is 3.71. The minimum absolute atomic E-state index is 0.106. The van der Waals surface area contributed by atoms with Crippen molar-refractivity contribution >= 4 is 21.6 Å². The van der Waals surface area contributed by atoms with Crippen LogP contribution in [-0.2, 0) is 10.0 Å². The van der Waals surface area contributed by atoms with Gasteiger partial charge in [-0.05, 0) is 56.2 Å². The highest BCUT2D eigenvalue weighted by Crippen LogP contribution is 2.21. The maximum absolute atomic E-state index is 12.4. The molecule has 1 atom stereocenters. The van der Waals surface area contributed by atoms with Crippen LogP contribution >= 0.6 is 0 Å². The number of amides is 1. The molecule has 25 heavy (non-hydrogen) atoms. The van der Waals surface area contributed by atoms with E-state index in [-0.39, 0.29) is 16.8 Å². The number of hydrogen-bond acceptors (Lipinski definition) is 3. The summed E-state index contributed by atoms with van der Waals surface area (Å²) in [5.74, 6) is -0.151. The Morgan fingerprint density at radius 3 is 2.40 bits per heavy atom. The van der Waals surface area contributed by atoms with Gasteiger partial charge in [0.1, 0.15) is 0 Å². The van der Waals surface area contributed by atoms with Crippen molar-refractivity contribution in [2.45, 2.75) is 44.6 Å². The average molecular weight is 360 g/mol. The predicted molar refractivity (Wildman–Crippen MR) is 100 cm³/mol. The van der Waals surface area contributed by atoms with E-state index in [1.807, 2.05) is 6.92 Å². The number of aryl methyl sites for hydroxylation is 1. The summed E-state index contributed by atoms with van der Waals surface area (Å²) in [6.45, 7) is 5.81. The van der Waals surface area contributed by atoms with Gasteiger partial charge in [-0.2, -0.15) is 0 Å². The van der Waals surface area contributed by atoms with Gasteiger partial charge in [-0.3, -0.25) is 9.52 Å². The van der Waals surface area contributed by atoms with Gasteiger partial charge in [-0.25, -0.2) is 8.42 Å². The van der Waals surface area contributed by atoms with Gasteiger partial charge in [-0.15, -0.1) is 0 Å². The van der Waals surface area contributed by atoms with E-state index in [4.69, 9.17) is 0 Å². The maximum Gasteiger partial charge on any atom is 0.261 e. The van der Waals surface area contributed by atoms with Crippen molar-refractivity contribution in [1.82, 2.24) is 5.32 Å². The number of sulfonamides is 1. The molecule has 0 aliphatic heterocycles. The number of nitrogens with one attached hydrogen (secondary N) is 2. The van der Waals surface area contributed by atoms with Crippen LogP contribution in [0.2, 0.25) is 0 Å². The average Bonchev–Trinajstić information content (AvgIpc) is 2.57. The zero-order chi connectivity index (χ0) is 18.4. The molecule has 6 heteroatoms. The second-order valence-electron chi connectivity index (χ2n) is 6.11. The third-order valence-corrected chi connectivity index (χ3v) is 5.27. The normalized spacial score (nSPS) is 12.4. The van der Waals surface area contributed by atoms with Crippen LogP contribution in [0.5, 0.6) is 0 Å². The van der Waals surface area contributed by atoms with Crippen molar-refractivity contribution in [3.63, 3.8) is 0 Å². The fourth-order valence-corrected chi connectivity index (χ4v) is 3.69.